The Bertz CT molecular complexity index is 1240. The predicted molar refractivity (Wildman–Crippen MR) is 123 cm³/mol. The van der Waals surface area contributed by atoms with Gasteiger partial charge in [-0.3, -0.25) is 9.59 Å². The van der Waals surface area contributed by atoms with Crippen LogP contribution in [-0.2, 0) is 17.6 Å². The van der Waals surface area contributed by atoms with Crippen molar-refractivity contribution in [1.82, 2.24) is 9.88 Å². The summed E-state index contributed by atoms with van der Waals surface area (Å²) < 4.78 is 14.6. The first-order chi connectivity index (χ1) is 14.8. The maximum Gasteiger partial charge on any atom is 0.256 e. The van der Waals surface area contributed by atoms with E-state index in [1.807, 2.05) is 26.0 Å². The van der Waals surface area contributed by atoms with Crippen molar-refractivity contribution in [3.05, 3.63) is 73.4 Å². The van der Waals surface area contributed by atoms with E-state index in [1.165, 1.54) is 6.07 Å². The van der Waals surface area contributed by atoms with Gasteiger partial charge in [0.15, 0.2) is 0 Å². The number of nitrogens with zero attached hydrogens (tertiary/aromatic N) is 1. The monoisotopic (exact) mass is 461 g/mol. The fraction of sp³-hybridized carbons (Fsp3) is 0.304. The van der Waals surface area contributed by atoms with E-state index in [2.05, 4.69) is 10.3 Å². The molecule has 1 unspecified atom stereocenters. The van der Waals surface area contributed by atoms with E-state index in [0.717, 1.165) is 16.8 Å². The van der Waals surface area contributed by atoms with E-state index in [0.29, 0.717) is 34.8 Å². The fourth-order valence-corrected chi connectivity index (χ4v) is 4.88. The van der Waals surface area contributed by atoms with Crippen LogP contribution in [0.25, 0.3) is 10.8 Å². The number of hydrogen-bond donors (Lipinski definition) is 2. The Kier molecular flexibility index (Phi) is 5.95. The number of aromatic amines is 1. The lowest BCUT2D eigenvalue weighted by atomic mass is 9.93. The molecule has 1 aromatic heterocycles. The molecule has 1 atom stereocenters. The van der Waals surface area contributed by atoms with Gasteiger partial charge in [-0.15, -0.1) is 0 Å². The minimum Gasteiger partial charge on any atom is -0.374 e. The summed E-state index contributed by atoms with van der Waals surface area (Å²) in [7, 11) is 0. The third-order valence-electron chi connectivity index (χ3n) is 5.81. The number of aryl methyl sites for hydroxylation is 1. The lowest BCUT2D eigenvalue weighted by Crippen LogP contribution is -2.42. The summed E-state index contributed by atoms with van der Waals surface area (Å²) in [6.07, 6.45) is 1.31. The summed E-state index contributed by atoms with van der Waals surface area (Å²) >= 11 is 12.5. The van der Waals surface area contributed by atoms with Crippen LogP contribution in [0, 0.1) is 5.82 Å². The highest BCUT2D eigenvalue weighted by Crippen LogP contribution is 2.37. The van der Waals surface area contributed by atoms with Gasteiger partial charge in [0.1, 0.15) is 5.82 Å². The quantitative estimate of drug-likeness (QED) is 0.568. The van der Waals surface area contributed by atoms with Crippen LogP contribution >= 0.6 is 23.2 Å². The molecule has 0 bridgehead atoms. The van der Waals surface area contributed by atoms with Crippen molar-refractivity contribution in [2.24, 2.45) is 0 Å². The molecule has 0 fully saturated rings. The van der Waals surface area contributed by atoms with Crippen LogP contribution in [0.15, 0.2) is 35.1 Å². The van der Waals surface area contributed by atoms with E-state index in [1.54, 1.807) is 17.0 Å². The van der Waals surface area contributed by atoms with E-state index in [4.69, 9.17) is 23.2 Å². The average molecular weight is 462 g/mol. The Hall–Kier alpha value is -2.57. The van der Waals surface area contributed by atoms with Crippen LogP contribution in [0.5, 0.6) is 0 Å². The highest BCUT2D eigenvalue weighted by atomic mass is 35.5. The highest BCUT2D eigenvalue weighted by Gasteiger charge is 2.29. The molecule has 2 aromatic carbocycles. The number of amides is 1. The largest absolute Gasteiger partial charge is 0.374 e. The minimum atomic E-state index is -0.579. The van der Waals surface area contributed by atoms with Gasteiger partial charge in [0, 0.05) is 22.3 Å². The molecule has 162 valence electrons. The number of anilines is 1. The number of rotatable bonds is 4. The number of nitrogens with one attached hydrogen (secondary N) is 2. The van der Waals surface area contributed by atoms with Crippen molar-refractivity contribution in [2.45, 2.75) is 32.7 Å². The molecule has 3 aromatic rings. The summed E-state index contributed by atoms with van der Waals surface area (Å²) in [5.74, 6) is -0.742. The van der Waals surface area contributed by atoms with Crippen LogP contribution in [0.1, 0.15) is 36.7 Å². The predicted octanol–water partition coefficient (Wildman–Crippen LogP) is 5.09. The zero-order valence-electron chi connectivity index (χ0n) is 17.2. The third kappa shape index (κ3) is 4.14. The molecule has 0 aliphatic carbocycles. The van der Waals surface area contributed by atoms with Gasteiger partial charge >= 0.3 is 0 Å². The van der Waals surface area contributed by atoms with Gasteiger partial charge in [0.05, 0.1) is 23.7 Å². The molecule has 1 aliphatic heterocycles. The van der Waals surface area contributed by atoms with Crippen molar-refractivity contribution in [2.75, 3.05) is 18.4 Å². The van der Waals surface area contributed by atoms with Crippen LogP contribution < -0.4 is 10.9 Å². The number of halogens is 3. The Labute approximate surface area is 189 Å². The van der Waals surface area contributed by atoms with Crippen molar-refractivity contribution in [3.8, 4) is 0 Å². The highest BCUT2D eigenvalue weighted by molar-refractivity contribution is 6.35. The molecule has 1 aliphatic rings. The number of carbonyl (C=O) groups excluding carboxylic acids is 1. The first-order valence-corrected chi connectivity index (χ1v) is 10.9. The molecule has 0 spiro atoms. The Morgan fingerprint density at radius 1 is 1.26 bits per heavy atom. The van der Waals surface area contributed by atoms with Crippen molar-refractivity contribution < 1.29 is 9.18 Å². The second-order valence-corrected chi connectivity index (χ2v) is 8.57. The number of fused-ring (bicyclic) bond motifs is 2. The molecule has 0 radical (unpaired) electrons. The Balaban J connectivity index is 1.54. The van der Waals surface area contributed by atoms with E-state index in [9.17, 15) is 14.0 Å². The van der Waals surface area contributed by atoms with Gasteiger partial charge in [-0.2, -0.15) is 0 Å². The summed E-state index contributed by atoms with van der Waals surface area (Å²) in [4.78, 5) is 29.5. The Morgan fingerprint density at radius 2 is 2.03 bits per heavy atom. The number of pyridine rings is 1. The number of hydrogen-bond acceptors (Lipinski definition) is 3. The van der Waals surface area contributed by atoms with Crippen molar-refractivity contribution in [1.29, 1.82) is 0 Å². The molecule has 1 amide bonds. The smallest absolute Gasteiger partial charge is 0.256 e. The standard InChI is InChI=1S/C23H22Cl2FN3O2/c1-3-16-7-14-8-20(19(26)10-17(14)23(31)28-16)27-11-21(30)29-5-4-13-6-15(24)9-18(25)22(13)12(29)2/h6-10,12,27H,3-5,11H2,1-2H3,(H,28,31). The number of aromatic nitrogens is 1. The van der Waals surface area contributed by atoms with E-state index in [-0.39, 0.29) is 35.1 Å². The zero-order chi connectivity index (χ0) is 22.3. The number of H-pyrrole nitrogens is 1. The first kappa shape index (κ1) is 21.7. The maximum atomic E-state index is 14.6. The summed E-state index contributed by atoms with van der Waals surface area (Å²) in [5, 5.41) is 4.92. The van der Waals surface area contributed by atoms with Crippen LogP contribution in [0.2, 0.25) is 10.0 Å². The molecular formula is C23H22Cl2FN3O2. The van der Waals surface area contributed by atoms with Crippen molar-refractivity contribution >= 4 is 45.6 Å². The molecule has 8 heteroatoms. The minimum absolute atomic E-state index is 0.0723. The first-order valence-electron chi connectivity index (χ1n) is 10.1. The lowest BCUT2D eigenvalue weighted by Gasteiger charge is -2.36. The summed E-state index contributed by atoms with van der Waals surface area (Å²) in [5.41, 5.74) is 2.56. The van der Waals surface area contributed by atoms with E-state index < -0.39 is 5.82 Å². The molecule has 2 N–H and O–H groups in total. The fourth-order valence-electron chi connectivity index (χ4n) is 4.19. The zero-order valence-corrected chi connectivity index (χ0v) is 18.7. The molecule has 4 rings (SSSR count). The van der Waals surface area contributed by atoms with Gasteiger partial charge in [-0.1, -0.05) is 30.1 Å². The maximum absolute atomic E-state index is 14.6. The van der Waals surface area contributed by atoms with E-state index >= 15 is 0 Å². The van der Waals surface area contributed by atoms with Gasteiger partial charge in [0.25, 0.3) is 5.56 Å². The average Bonchev–Trinajstić information content (AvgIpc) is 2.72. The normalized spacial score (nSPS) is 15.8. The molecular weight excluding hydrogens is 440 g/mol. The second kappa shape index (κ2) is 8.52. The van der Waals surface area contributed by atoms with Gasteiger partial charge in [-0.25, -0.2) is 4.39 Å². The van der Waals surface area contributed by atoms with Crippen LogP contribution in [0.4, 0.5) is 10.1 Å². The summed E-state index contributed by atoms with van der Waals surface area (Å²) in [6.45, 7) is 4.30. The molecule has 0 saturated carbocycles. The van der Waals surface area contributed by atoms with Crippen LogP contribution in [-0.4, -0.2) is 28.9 Å². The van der Waals surface area contributed by atoms with Crippen molar-refractivity contribution in [3.63, 3.8) is 0 Å². The third-order valence-corrected chi connectivity index (χ3v) is 6.34. The van der Waals surface area contributed by atoms with Gasteiger partial charge < -0.3 is 15.2 Å². The topological polar surface area (TPSA) is 65.2 Å². The SMILES string of the molecule is CCc1cc2cc(NCC(=O)N3CCc4cc(Cl)cc(Cl)c4C3C)c(F)cc2c(=O)[nH]1. The molecule has 2 heterocycles. The Morgan fingerprint density at radius 3 is 2.77 bits per heavy atom. The van der Waals surface area contributed by atoms with Gasteiger partial charge in [-0.05, 0) is 66.6 Å². The molecule has 5 nitrogen and oxygen atoms in total. The van der Waals surface area contributed by atoms with Gasteiger partial charge in [0.2, 0.25) is 5.91 Å². The summed E-state index contributed by atoms with van der Waals surface area (Å²) in [6, 6.07) is 7.94. The number of carbonyl (C=O) groups is 1. The second-order valence-electron chi connectivity index (χ2n) is 7.72. The van der Waals surface area contributed by atoms with Crippen LogP contribution in [0.3, 0.4) is 0 Å². The molecule has 0 saturated heterocycles. The molecule has 31 heavy (non-hydrogen) atoms. The number of benzene rings is 2. The lowest BCUT2D eigenvalue weighted by molar-refractivity contribution is -0.131.